The van der Waals surface area contributed by atoms with E-state index in [2.05, 4.69) is 27.4 Å². The van der Waals surface area contributed by atoms with Crippen LogP contribution in [0.5, 0.6) is 0 Å². The maximum absolute atomic E-state index is 5.67. The lowest BCUT2D eigenvalue weighted by molar-refractivity contribution is 0.00246. The van der Waals surface area contributed by atoms with Crippen molar-refractivity contribution in [2.75, 3.05) is 59.7 Å². The number of ether oxygens (including phenoxy) is 2. The van der Waals surface area contributed by atoms with Gasteiger partial charge in [0.1, 0.15) is 0 Å². The minimum atomic E-state index is 0. The fraction of sp³-hybridized carbons (Fsp3) is 0.950. The van der Waals surface area contributed by atoms with Gasteiger partial charge in [0.15, 0.2) is 5.96 Å². The van der Waals surface area contributed by atoms with Crippen molar-refractivity contribution in [3.63, 3.8) is 0 Å². The molecule has 1 saturated carbocycles. The van der Waals surface area contributed by atoms with Crippen LogP contribution in [-0.2, 0) is 9.47 Å². The predicted molar refractivity (Wildman–Crippen MR) is 121 cm³/mol. The average Bonchev–Trinajstić information content (AvgIpc) is 3.38. The average molecular weight is 494 g/mol. The lowest BCUT2D eigenvalue weighted by Gasteiger charge is -2.38. The molecule has 27 heavy (non-hydrogen) atoms. The molecule has 0 bridgehead atoms. The van der Waals surface area contributed by atoms with Gasteiger partial charge in [0.2, 0.25) is 0 Å². The molecule has 0 aromatic carbocycles. The number of guanidine groups is 1. The molecule has 2 atom stereocenters. The van der Waals surface area contributed by atoms with Crippen LogP contribution in [0.4, 0.5) is 0 Å². The van der Waals surface area contributed by atoms with Crippen molar-refractivity contribution < 1.29 is 9.47 Å². The molecule has 158 valence electrons. The zero-order chi connectivity index (χ0) is 18.2. The molecule has 2 unspecified atom stereocenters. The van der Waals surface area contributed by atoms with Gasteiger partial charge in [-0.15, -0.1) is 24.0 Å². The first-order valence-electron chi connectivity index (χ1n) is 10.6. The zero-order valence-electron chi connectivity index (χ0n) is 17.2. The fourth-order valence-corrected chi connectivity index (χ4v) is 4.83. The topological polar surface area (TPSA) is 58.1 Å². The summed E-state index contributed by atoms with van der Waals surface area (Å²) in [5.41, 5.74) is 0.473. The van der Waals surface area contributed by atoms with E-state index in [1.807, 2.05) is 7.05 Å². The lowest BCUT2D eigenvalue weighted by atomic mass is 9.83. The van der Waals surface area contributed by atoms with Crippen molar-refractivity contribution >= 4 is 29.9 Å². The van der Waals surface area contributed by atoms with E-state index in [4.69, 9.17) is 9.47 Å². The van der Waals surface area contributed by atoms with Gasteiger partial charge < -0.3 is 20.1 Å². The summed E-state index contributed by atoms with van der Waals surface area (Å²) in [7, 11) is 1.88. The van der Waals surface area contributed by atoms with Crippen molar-refractivity contribution in [1.29, 1.82) is 0 Å². The molecule has 0 radical (unpaired) electrons. The highest BCUT2D eigenvalue weighted by molar-refractivity contribution is 14.0. The third kappa shape index (κ3) is 6.44. The monoisotopic (exact) mass is 494 g/mol. The van der Waals surface area contributed by atoms with Crippen LogP contribution in [0.3, 0.4) is 0 Å². The summed E-state index contributed by atoms with van der Waals surface area (Å²) in [5, 5.41) is 7.23. The zero-order valence-corrected chi connectivity index (χ0v) is 19.5. The third-order valence-corrected chi connectivity index (χ3v) is 6.77. The van der Waals surface area contributed by atoms with Gasteiger partial charge in [0.05, 0.1) is 19.8 Å². The molecule has 0 spiro atoms. The largest absolute Gasteiger partial charge is 0.381 e. The van der Waals surface area contributed by atoms with Crippen molar-refractivity contribution in [2.24, 2.45) is 16.3 Å². The quantitative estimate of drug-likeness (QED) is 0.324. The molecule has 0 amide bonds. The van der Waals surface area contributed by atoms with Gasteiger partial charge in [0.25, 0.3) is 0 Å². The van der Waals surface area contributed by atoms with Crippen LogP contribution in [0, 0.1) is 11.3 Å². The molecule has 3 rings (SSSR count). The molecule has 0 aromatic heterocycles. The number of hydrogen-bond acceptors (Lipinski definition) is 4. The summed E-state index contributed by atoms with van der Waals surface area (Å²) in [5.74, 6) is 1.55. The Hall–Kier alpha value is -0.120. The minimum absolute atomic E-state index is 0. The van der Waals surface area contributed by atoms with Crippen LogP contribution >= 0.6 is 24.0 Å². The van der Waals surface area contributed by atoms with Crippen molar-refractivity contribution in [3.8, 4) is 0 Å². The van der Waals surface area contributed by atoms with Crippen LogP contribution in [-0.4, -0.2) is 76.6 Å². The van der Waals surface area contributed by atoms with Gasteiger partial charge in [-0.3, -0.25) is 9.89 Å². The lowest BCUT2D eigenvalue weighted by Crippen LogP contribution is -2.54. The summed E-state index contributed by atoms with van der Waals surface area (Å²) in [4.78, 5) is 7.06. The molecule has 0 aromatic rings. The summed E-state index contributed by atoms with van der Waals surface area (Å²) in [6, 6.07) is 0.492. The highest BCUT2D eigenvalue weighted by atomic mass is 127. The molecule has 6 nitrogen and oxygen atoms in total. The maximum atomic E-state index is 5.67. The summed E-state index contributed by atoms with van der Waals surface area (Å²) in [6.07, 6.45) is 7.87. The normalized spacial score (nSPS) is 27.2. The number of nitrogens with zero attached hydrogens (tertiary/aromatic N) is 2. The number of nitrogens with one attached hydrogen (secondary N) is 2. The molecule has 3 fully saturated rings. The van der Waals surface area contributed by atoms with Crippen LogP contribution < -0.4 is 10.6 Å². The molecule has 3 aliphatic rings. The Kier molecular flexibility index (Phi) is 10.1. The maximum Gasteiger partial charge on any atom is 0.191 e. The minimum Gasteiger partial charge on any atom is -0.381 e. The van der Waals surface area contributed by atoms with E-state index in [1.165, 1.54) is 32.1 Å². The van der Waals surface area contributed by atoms with Crippen molar-refractivity contribution in [1.82, 2.24) is 15.5 Å². The molecular formula is C20H39IN4O2. The highest BCUT2D eigenvalue weighted by Gasteiger charge is 2.33. The molecule has 2 heterocycles. The number of hydrogen-bond donors (Lipinski definition) is 2. The van der Waals surface area contributed by atoms with E-state index in [1.54, 1.807) is 0 Å². The van der Waals surface area contributed by atoms with Gasteiger partial charge in [0, 0.05) is 51.8 Å². The third-order valence-electron chi connectivity index (χ3n) is 6.77. The van der Waals surface area contributed by atoms with E-state index in [-0.39, 0.29) is 24.0 Å². The number of rotatable bonds is 7. The van der Waals surface area contributed by atoms with Crippen LogP contribution in [0.2, 0.25) is 0 Å². The van der Waals surface area contributed by atoms with Gasteiger partial charge in [-0.1, -0.05) is 19.8 Å². The molecule has 2 aliphatic heterocycles. The number of morpholine rings is 1. The molecule has 2 saturated heterocycles. The van der Waals surface area contributed by atoms with E-state index in [0.29, 0.717) is 17.4 Å². The summed E-state index contributed by atoms with van der Waals surface area (Å²) < 4.78 is 11.2. The fourth-order valence-electron chi connectivity index (χ4n) is 4.83. The molecule has 2 N–H and O–H groups in total. The van der Waals surface area contributed by atoms with Crippen LogP contribution in [0.25, 0.3) is 0 Å². The predicted octanol–water partition coefficient (Wildman–Crippen LogP) is 2.48. The first kappa shape index (κ1) is 23.2. The smallest absolute Gasteiger partial charge is 0.191 e. The second kappa shape index (κ2) is 11.8. The summed E-state index contributed by atoms with van der Waals surface area (Å²) in [6.45, 7) is 9.81. The Morgan fingerprint density at radius 2 is 1.89 bits per heavy atom. The summed E-state index contributed by atoms with van der Waals surface area (Å²) >= 11 is 0. The Bertz CT molecular complexity index is 445. The molecular weight excluding hydrogens is 455 g/mol. The van der Waals surface area contributed by atoms with E-state index >= 15 is 0 Å². The van der Waals surface area contributed by atoms with Gasteiger partial charge in [-0.25, -0.2) is 0 Å². The number of halogens is 1. The first-order chi connectivity index (χ1) is 12.8. The van der Waals surface area contributed by atoms with Gasteiger partial charge in [-0.05, 0) is 31.1 Å². The Morgan fingerprint density at radius 1 is 1.15 bits per heavy atom. The molecule has 1 aliphatic carbocycles. The van der Waals surface area contributed by atoms with Crippen molar-refractivity contribution in [2.45, 2.75) is 51.5 Å². The van der Waals surface area contributed by atoms with E-state index < -0.39 is 0 Å². The van der Waals surface area contributed by atoms with Gasteiger partial charge >= 0.3 is 0 Å². The SMILES string of the molecule is CCC1(CNC(=NC)NCC(C2CCOC2)N2CCOCC2)CCCC1.I. The van der Waals surface area contributed by atoms with E-state index in [0.717, 1.165) is 65.0 Å². The highest BCUT2D eigenvalue weighted by Crippen LogP contribution is 2.40. The van der Waals surface area contributed by atoms with Crippen molar-refractivity contribution in [3.05, 3.63) is 0 Å². The van der Waals surface area contributed by atoms with Crippen LogP contribution in [0.1, 0.15) is 45.4 Å². The van der Waals surface area contributed by atoms with Gasteiger partial charge in [-0.2, -0.15) is 0 Å². The second-order valence-corrected chi connectivity index (χ2v) is 8.21. The molecule has 7 heteroatoms. The number of aliphatic imine (C=N–C) groups is 1. The second-order valence-electron chi connectivity index (χ2n) is 8.21. The Morgan fingerprint density at radius 3 is 2.48 bits per heavy atom. The Balaban J connectivity index is 0.00000261. The first-order valence-corrected chi connectivity index (χ1v) is 10.6. The standard InChI is InChI=1S/C20H38N4O2.HI/c1-3-20(7-4-5-8-20)16-23-19(21-2)22-14-18(17-6-11-26-15-17)24-9-12-25-13-10-24;/h17-18H,3-16H2,1-2H3,(H2,21,22,23);1H. The van der Waals surface area contributed by atoms with Crippen LogP contribution in [0.15, 0.2) is 4.99 Å². The Labute approximate surface area is 182 Å². The van der Waals surface area contributed by atoms with E-state index in [9.17, 15) is 0 Å².